The molecule has 3 aromatic rings. The van der Waals surface area contributed by atoms with Gasteiger partial charge in [-0.05, 0) is 54.3 Å². The molecule has 3 rings (SSSR count). The van der Waals surface area contributed by atoms with Crippen LogP contribution in [0.4, 0.5) is 17.1 Å². The van der Waals surface area contributed by atoms with Gasteiger partial charge < -0.3 is 16.4 Å². The normalized spacial score (nSPS) is 10.6. The fourth-order valence-corrected chi connectivity index (χ4v) is 2.90. The highest BCUT2D eigenvalue weighted by atomic mass is 14.9. The maximum Gasteiger partial charge on any atom is 0.0617 e. The highest BCUT2D eigenvalue weighted by Gasteiger charge is 1.99. The van der Waals surface area contributed by atoms with E-state index in [2.05, 4.69) is 48.1 Å². The number of benzene rings is 3. The second-order valence-corrected chi connectivity index (χ2v) is 6.91. The molecule has 3 heteroatoms. The Balaban J connectivity index is 1.48. The van der Waals surface area contributed by atoms with E-state index in [-0.39, 0.29) is 0 Å². The largest absolute Gasteiger partial charge is 0.397 e. The third-order valence-electron chi connectivity index (χ3n) is 4.52. The fourth-order valence-electron chi connectivity index (χ4n) is 2.90. The second kappa shape index (κ2) is 10.00. The number of allylic oxidation sites excluding steroid dienone is 2. The van der Waals surface area contributed by atoms with Gasteiger partial charge in [0.25, 0.3) is 0 Å². The fraction of sp³-hybridized carbons (Fsp3) is 0.0769. The molecule has 0 heterocycles. The minimum absolute atomic E-state index is 0.703. The van der Waals surface area contributed by atoms with Crippen LogP contribution in [0, 0.1) is 0 Å². The summed E-state index contributed by atoms with van der Waals surface area (Å²) in [6.07, 6.45) is 5.83. The summed E-state index contributed by atoms with van der Waals surface area (Å²) in [6, 6.07) is 26.3. The minimum Gasteiger partial charge on any atom is -0.397 e. The van der Waals surface area contributed by atoms with Crippen molar-refractivity contribution in [2.45, 2.75) is 12.8 Å². The molecular formula is C26H27N3. The van der Waals surface area contributed by atoms with Gasteiger partial charge in [0.1, 0.15) is 0 Å². The summed E-state index contributed by atoms with van der Waals surface area (Å²) in [4.78, 5) is 0. The van der Waals surface area contributed by atoms with Crippen molar-refractivity contribution in [3.63, 3.8) is 0 Å². The lowest BCUT2D eigenvalue weighted by Gasteiger charge is -2.10. The molecule has 0 saturated heterocycles. The van der Waals surface area contributed by atoms with E-state index >= 15 is 0 Å². The summed E-state index contributed by atoms with van der Waals surface area (Å²) in [7, 11) is 0. The Morgan fingerprint density at radius 3 is 2.24 bits per heavy atom. The maximum atomic E-state index is 5.95. The zero-order chi connectivity index (χ0) is 20.5. The van der Waals surface area contributed by atoms with Gasteiger partial charge in [0.05, 0.1) is 11.4 Å². The first-order valence-electron chi connectivity index (χ1n) is 9.67. The van der Waals surface area contributed by atoms with Crippen LogP contribution in [0.1, 0.15) is 17.5 Å². The van der Waals surface area contributed by atoms with E-state index in [0.717, 1.165) is 41.2 Å². The molecule has 0 aromatic heterocycles. The van der Waals surface area contributed by atoms with Crippen LogP contribution in [-0.2, 0) is 6.42 Å². The lowest BCUT2D eigenvalue weighted by Crippen LogP contribution is -1.99. The van der Waals surface area contributed by atoms with Gasteiger partial charge >= 0.3 is 0 Å². The summed E-state index contributed by atoms with van der Waals surface area (Å²) >= 11 is 0. The van der Waals surface area contributed by atoms with Gasteiger partial charge in [-0.15, -0.1) is 0 Å². The maximum absolute atomic E-state index is 5.95. The molecule has 4 N–H and O–H groups in total. The average Bonchev–Trinajstić information content (AvgIpc) is 2.74. The van der Waals surface area contributed by atoms with Crippen molar-refractivity contribution in [1.29, 1.82) is 0 Å². The number of nitrogens with one attached hydrogen (secondary N) is 2. The van der Waals surface area contributed by atoms with Crippen molar-refractivity contribution in [2.24, 2.45) is 0 Å². The van der Waals surface area contributed by atoms with Crippen molar-refractivity contribution < 1.29 is 0 Å². The van der Waals surface area contributed by atoms with Crippen molar-refractivity contribution in [2.75, 3.05) is 16.4 Å². The number of hydrogen-bond donors (Lipinski definition) is 3. The predicted molar refractivity (Wildman–Crippen MR) is 127 cm³/mol. The van der Waals surface area contributed by atoms with Gasteiger partial charge in [0.2, 0.25) is 0 Å². The second-order valence-electron chi connectivity index (χ2n) is 6.91. The SMILES string of the molecule is C=C(/C=C/c1ccc(CCC(=C)Nc2ccccc2)cc1)Nc1ccccc1N. The first kappa shape index (κ1) is 20.0. The number of anilines is 3. The van der Waals surface area contributed by atoms with E-state index in [1.54, 1.807) is 0 Å². The number of nitrogens with two attached hydrogens (primary N) is 1. The van der Waals surface area contributed by atoms with E-state index in [0.29, 0.717) is 5.69 Å². The Morgan fingerprint density at radius 1 is 0.828 bits per heavy atom. The smallest absolute Gasteiger partial charge is 0.0617 e. The van der Waals surface area contributed by atoms with Gasteiger partial charge in [0.15, 0.2) is 0 Å². The third kappa shape index (κ3) is 6.43. The lowest BCUT2D eigenvalue weighted by atomic mass is 10.1. The molecule has 29 heavy (non-hydrogen) atoms. The molecular weight excluding hydrogens is 354 g/mol. The molecule has 3 aromatic carbocycles. The molecule has 0 atom stereocenters. The summed E-state index contributed by atoms with van der Waals surface area (Å²) in [5, 5.41) is 6.57. The molecule has 3 nitrogen and oxygen atoms in total. The molecule has 0 fully saturated rings. The van der Waals surface area contributed by atoms with Crippen LogP contribution < -0.4 is 16.4 Å². The highest BCUT2D eigenvalue weighted by Crippen LogP contribution is 2.19. The standard InChI is InChI=1S/C26H27N3/c1-20(28-24-8-4-3-5-9-24)12-14-22-16-18-23(19-17-22)15-13-21(2)29-26-11-7-6-10-25(26)27/h3-11,13,15-19,28-29H,1-2,12,14,27H2/b15-13+. The summed E-state index contributed by atoms with van der Waals surface area (Å²) < 4.78 is 0. The average molecular weight is 382 g/mol. The van der Waals surface area contributed by atoms with Crippen LogP contribution >= 0.6 is 0 Å². The Morgan fingerprint density at radius 2 is 1.52 bits per heavy atom. The van der Waals surface area contributed by atoms with Gasteiger partial charge in [-0.3, -0.25) is 0 Å². The van der Waals surface area contributed by atoms with Gasteiger partial charge in [-0.1, -0.05) is 73.8 Å². The minimum atomic E-state index is 0.703. The van der Waals surface area contributed by atoms with Gasteiger partial charge in [-0.2, -0.15) is 0 Å². The zero-order valence-corrected chi connectivity index (χ0v) is 16.6. The molecule has 0 saturated carbocycles. The first-order valence-corrected chi connectivity index (χ1v) is 9.67. The van der Waals surface area contributed by atoms with Crippen molar-refractivity contribution in [3.05, 3.63) is 121 Å². The molecule has 0 bridgehead atoms. The lowest BCUT2D eigenvalue weighted by molar-refractivity contribution is 0.950. The Labute approximate surface area is 173 Å². The van der Waals surface area contributed by atoms with Crippen molar-refractivity contribution in [1.82, 2.24) is 0 Å². The van der Waals surface area contributed by atoms with E-state index in [4.69, 9.17) is 5.73 Å². The Hall–Kier alpha value is -3.72. The molecule has 0 aliphatic carbocycles. The Bertz CT molecular complexity index is 986. The van der Waals surface area contributed by atoms with Crippen LogP contribution in [0.15, 0.2) is 109 Å². The van der Waals surface area contributed by atoms with E-state index < -0.39 is 0 Å². The molecule has 0 radical (unpaired) electrons. The summed E-state index contributed by atoms with van der Waals surface area (Å²) in [5.41, 5.74) is 12.8. The summed E-state index contributed by atoms with van der Waals surface area (Å²) in [5.74, 6) is 0. The van der Waals surface area contributed by atoms with Gasteiger partial charge in [-0.25, -0.2) is 0 Å². The van der Waals surface area contributed by atoms with E-state index in [1.165, 1.54) is 5.56 Å². The summed E-state index contributed by atoms with van der Waals surface area (Å²) in [6.45, 7) is 8.16. The first-order chi connectivity index (χ1) is 14.1. The number of aryl methyl sites for hydroxylation is 1. The topological polar surface area (TPSA) is 50.1 Å². The molecule has 0 aliphatic rings. The molecule has 0 unspecified atom stereocenters. The van der Waals surface area contributed by atoms with Crippen LogP contribution in [0.3, 0.4) is 0 Å². The predicted octanol–water partition coefficient (Wildman–Crippen LogP) is 6.47. The van der Waals surface area contributed by atoms with Crippen LogP contribution in [0.5, 0.6) is 0 Å². The van der Waals surface area contributed by atoms with Crippen LogP contribution in [0.2, 0.25) is 0 Å². The number of hydrogen-bond acceptors (Lipinski definition) is 3. The quantitative estimate of drug-likeness (QED) is 0.294. The Kier molecular flexibility index (Phi) is 6.90. The highest BCUT2D eigenvalue weighted by molar-refractivity contribution is 5.69. The number of nitrogen functional groups attached to an aromatic ring is 1. The molecule has 0 spiro atoms. The molecule has 0 aliphatic heterocycles. The van der Waals surface area contributed by atoms with Gasteiger partial charge in [0, 0.05) is 17.1 Å². The van der Waals surface area contributed by atoms with E-state index in [9.17, 15) is 0 Å². The van der Waals surface area contributed by atoms with Crippen LogP contribution in [-0.4, -0.2) is 0 Å². The molecule has 146 valence electrons. The van der Waals surface area contributed by atoms with E-state index in [1.807, 2.05) is 66.7 Å². The number of para-hydroxylation sites is 3. The van der Waals surface area contributed by atoms with Crippen molar-refractivity contribution in [3.8, 4) is 0 Å². The zero-order valence-electron chi connectivity index (χ0n) is 16.6. The van der Waals surface area contributed by atoms with Crippen molar-refractivity contribution >= 4 is 23.1 Å². The number of rotatable bonds is 9. The van der Waals surface area contributed by atoms with Crippen LogP contribution in [0.25, 0.3) is 6.08 Å². The third-order valence-corrected chi connectivity index (χ3v) is 4.52. The monoisotopic (exact) mass is 381 g/mol. The molecule has 0 amide bonds.